The van der Waals surface area contributed by atoms with Crippen molar-refractivity contribution < 1.29 is 4.39 Å². The minimum Gasteiger partial charge on any atom is -0.368 e. The zero-order chi connectivity index (χ0) is 16.9. The van der Waals surface area contributed by atoms with E-state index in [1.165, 1.54) is 12.1 Å². The minimum absolute atomic E-state index is 0.198. The predicted molar refractivity (Wildman–Crippen MR) is 96.2 cm³/mol. The lowest BCUT2D eigenvalue weighted by atomic mass is 10.2. The second kappa shape index (κ2) is 7.47. The molecule has 1 atom stereocenters. The molecule has 5 nitrogen and oxygen atoms in total. The molecular formula is C18H24FN5. The molecule has 0 saturated carbocycles. The summed E-state index contributed by atoms with van der Waals surface area (Å²) in [4.78, 5) is 13.5. The topological polar surface area (TPSA) is 44.3 Å². The SMILES string of the molecule is CCC(C)Nc1ccnc(N2CCN(c3ccc(F)cc3)CC2)n1. The van der Waals surface area contributed by atoms with E-state index in [4.69, 9.17) is 0 Å². The Morgan fingerprint density at radius 2 is 1.75 bits per heavy atom. The zero-order valence-corrected chi connectivity index (χ0v) is 14.2. The van der Waals surface area contributed by atoms with Gasteiger partial charge in [0.15, 0.2) is 0 Å². The first kappa shape index (κ1) is 16.5. The van der Waals surface area contributed by atoms with Gasteiger partial charge in [-0.1, -0.05) is 6.92 Å². The van der Waals surface area contributed by atoms with Gasteiger partial charge >= 0.3 is 0 Å². The Morgan fingerprint density at radius 3 is 2.42 bits per heavy atom. The molecule has 2 aromatic rings. The Balaban J connectivity index is 1.62. The fraction of sp³-hybridized carbons (Fsp3) is 0.444. The fourth-order valence-electron chi connectivity index (χ4n) is 2.75. The van der Waals surface area contributed by atoms with Crippen LogP contribution in [-0.2, 0) is 0 Å². The van der Waals surface area contributed by atoms with Crippen molar-refractivity contribution in [1.82, 2.24) is 9.97 Å². The number of hydrogen-bond donors (Lipinski definition) is 1. The molecule has 1 aromatic heterocycles. The average molecular weight is 329 g/mol. The molecule has 24 heavy (non-hydrogen) atoms. The first-order valence-electron chi connectivity index (χ1n) is 8.50. The quantitative estimate of drug-likeness (QED) is 0.913. The maximum Gasteiger partial charge on any atom is 0.227 e. The summed E-state index contributed by atoms with van der Waals surface area (Å²) in [6, 6.07) is 8.98. The van der Waals surface area contributed by atoms with Gasteiger partial charge in [-0.15, -0.1) is 0 Å². The summed E-state index contributed by atoms with van der Waals surface area (Å²) in [6.07, 6.45) is 2.86. The van der Waals surface area contributed by atoms with Gasteiger partial charge < -0.3 is 15.1 Å². The minimum atomic E-state index is -0.198. The summed E-state index contributed by atoms with van der Waals surface area (Å²) < 4.78 is 13.0. The van der Waals surface area contributed by atoms with Gasteiger partial charge in [-0.2, -0.15) is 4.98 Å². The van der Waals surface area contributed by atoms with E-state index < -0.39 is 0 Å². The maximum absolute atomic E-state index is 13.0. The highest BCUT2D eigenvalue weighted by molar-refractivity contribution is 5.49. The van der Waals surface area contributed by atoms with Crippen LogP contribution in [-0.4, -0.2) is 42.2 Å². The predicted octanol–water partition coefficient (Wildman–Crippen LogP) is 3.15. The van der Waals surface area contributed by atoms with Crippen LogP contribution in [0.4, 0.5) is 21.8 Å². The Morgan fingerprint density at radius 1 is 1.08 bits per heavy atom. The molecule has 3 rings (SSSR count). The third-order valence-electron chi connectivity index (χ3n) is 4.40. The number of hydrogen-bond acceptors (Lipinski definition) is 5. The number of aromatic nitrogens is 2. The van der Waals surface area contributed by atoms with Gasteiger partial charge in [0.25, 0.3) is 0 Å². The second-order valence-corrected chi connectivity index (χ2v) is 6.15. The summed E-state index contributed by atoms with van der Waals surface area (Å²) in [6.45, 7) is 7.74. The second-order valence-electron chi connectivity index (χ2n) is 6.15. The van der Waals surface area contributed by atoms with Gasteiger partial charge in [0.05, 0.1) is 0 Å². The summed E-state index contributed by atoms with van der Waals surface area (Å²) in [5.41, 5.74) is 1.06. The van der Waals surface area contributed by atoms with Crippen molar-refractivity contribution in [2.75, 3.05) is 41.3 Å². The van der Waals surface area contributed by atoms with Crippen LogP contribution < -0.4 is 15.1 Å². The lowest BCUT2D eigenvalue weighted by Gasteiger charge is -2.36. The monoisotopic (exact) mass is 329 g/mol. The van der Waals surface area contributed by atoms with Crippen LogP contribution in [0.1, 0.15) is 20.3 Å². The molecule has 0 spiro atoms. The Hall–Kier alpha value is -2.37. The number of rotatable bonds is 5. The Bertz CT molecular complexity index is 653. The summed E-state index contributed by atoms with van der Waals surface area (Å²) in [5, 5.41) is 3.39. The van der Waals surface area contributed by atoms with Crippen LogP contribution >= 0.6 is 0 Å². The van der Waals surface area contributed by atoms with E-state index >= 15 is 0 Å². The Kier molecular flexibility index (Phi) is 5.13. The van der Waals surface area contributed by atoms with Crippen molar-refractivity contribution in [2.45, 2.75) is 26.3 Å². The first-order chi connectivity index (χ1) is 11.7. The highest BCUT2D eigenvalue weighted by atomic mass is 19.1. The molecule has 1 fully saturated rings. The van der Waals surface area contributed by atoms with Crippen LogP contribution in [0.5, 0.6) is 0 Å². The average Bonchev–Trinajstić information content (AvgIpc) is 2.63. The Labute approximate surface area is 142 Å². The molecule has 1 saturated heterocycles. The van der Waals surface area contributed by atoms with Crippen LogP contribution in [0.15, 0.2) is 36.5 Å². The lowest BCUT2D eigenvalue weighted by molar-refractivity contribution is 0.623. The van der Waals surface area contributed by atoms with E-state index in [0.29, 0.717) is 6.04 Å². The molecule has 0 aliphatic carbocycles. The lowest BCUT2D eigenvalue weighted by Crippen LogP contribution is -2.47. The van der Waals surface area contributed by atoms with E-state index in [-0.39, 0.29) is 5.82 Å². The zero-order valence-electron chi connectivity index (χ0n) is 14.2. The van der Waals surface area contributed by atoms with Gasteiger partial charge in [0.2, 0.25) is 5.95 Å². The van der Waals surface area contributed by atoms with Gasteiger partial charge in [-0.3, -0.25) is 0 Å². The fourth-order valence-corrected chi connectivity index (χ4v) is 2.75. The van der Waals surface area contributed by atoms with E-state index in [2.05, 4.69) is 38.9 Å². The molecule has 0 bridgehead atoms. The van der Waals surface area contributed by atoms with E-state index in [0.717, 1.165) is 50.1 Å². The molecule has 128 valence electrons. The van der Waals surface area contributed by atoms with Crippen molar-refractivity contribution in [3.8, 4) is 0 Å². The number of halogens is 1. The highest BCUT2D eigenvalue weighted by Gasteiger charge is 2.19. The number of nitrogens with zero attached hydrogens (tertiary/aromatic N) is 4. The number of anilines is 3. The van der Waals surface area contributed by atoms with Crippen molar-refractivity contribution >= 4 is 17.5 Å². The summed E-state index contributed by atoms with van der Waals surface area (Å²) in [7, 11) is 0. The molecule has 0 radical (unpaired) electrons. The van der Waals surface area contributed by atoms with Crippen LogP contribution in [0.25, 0.3) is 0 Å². The molecule has 1 unspecified atom stereocenters. The number of piperazine rings is 1. The van der Waals surface area contributed by atoms with Crippen molar-refractivity contribution in [2.24, 2.45) is 0 Å². The number of nitrogens with one attached hydrogen (secondary N) is 1. The van der Waals surface area contributed by atoms with Gasteiger partial charge in [-0.25, -0.2) is 9.37 Å². The standard InChI is InChI=1S/C18H24FN5/c1-3-14(2)21-17-8-9-20-18(22-17)24-12-10-23(11-13-24)16-6-4-15(19)5-7-16/h4-9,14H,3,10-13H2,1-2H3,(H,20,21,22). The molecule has 6 heteroatoms. The smallest absolute Gasteiger partial charge is 0.227 e. The normalized spacial score (nSPS) is 16.1. The summed E-state index contributed by atoms with van der Waals surface area (Å²) >= 11 is 0. The molecule has 2 heterocycles. The van der Waals surface area contributed by atoms with Gasteiger partial charge in [0.1, 0.15) is 11.6 Å². The van der Waals surface area contributed by atoms with Crippen molar-refractivity contribution in [1.29, 1.82) is 0 Å². The number of benzene rings is 1. The van der Waals surface area contributed by atoms with Crippen LogP contribution in [0, 0.1) is 5.82 Å². The largest absolute Gasteiger partial charge is 0.368 e. The highest BCUT2D eigenvalue weighted by Crippen LogP contribution is 2.19. The molecule has 1 aliphatic heterocycles. The van der Waals surface area contributed by atoms with Crippen LogP contribution in [0.3, 0.4) is 0 Å². The van der Waals surface area contributed by atoms with Crippen molar-refractivity contribution in [3.63, 3.8) is 0 Å². The van der Waals surface area contributed by atoms with E-state index in [1.807, 2.05) is 18.2 Å². The molecule has 1 N–H and O–H groups in total. The molecule has 1 aliphatic rings. The third kappa shape index (κ3) is 3.93. The summed E-state index contributed by atoms with van der Waals surface area (Å²) in [5.74, 6) is 1.44. The van der Waals surface area contributed by atoms with Crippen molar-refractivity contribution in [3.05, 3.63) is 42.3 Å². The first-order valence-corrected chi connectivity index (χ1v) is 8.50. The van der Waals surface area contributed by atoms with Gasteiger partial charge in [-0.05, 0) is 43.7 Å². The third-order valence-corrected chi connectivity index (χ3v) is 4.40. The van der Waals surface area contributed by atoms with E-state index in [9.17, 15) is 4.39 Å². The molecule has 0 amide bonds. The van der Waals surface area contributed by atoms with Gasteiger partial charge in [0, 0.05) is 44.1 Å². The van der Waals surface area contributed by atoms with Crippen LogP contribution in [0.2, 0.25) is 0 Å². The maximum atomic E-state index is 13.0. The molecular weight excluding hydrogens is 305 g/mol. The molecule has 1 aromatic carbocycles. The van der Waals surface area contributed by atoms with E-state index in [1.54, 1.807) is 6.20 Å².